The Balaban J connectivity index is 2.69. The lowest BCUT2D eigenvalue weighted by Gasteiger charge is -2.25. The summed E-state index contributed by atoms with van der Waals surface area (Å²) in [5.41, 5.74) is 0. The summed E-state index contributed by atoms with van der Waals surface area (Å²) in [4.78, 5) is 22.2. The maximum absolute atomic E-state index is 11.3. The smallest absolute Gasteiger partial charge is 0.324 e. The van der Waals surface area contributed by atoms with Crippen LogP contribution in [-0.4, -0.2) is 29.4 Å². The maximum Gasteiger partial charge on any atom is 0.324 e. The van der Waals surface area contributed by atoms with Crippen molar-refractivity contribution in [3.05, 3.63) is 0 Å². The molecule has 0 radical (unpaired) electrons. The number of carbonyl (C=O) groups is 2. The van der Waals surface area contributed by atoms with Gasteiger partial charge in [-0.3, -0.25) is 9.59 Å². The Morgan fingerprint density at radius 3 is 2.77 bits per heavy atom. The maximum atomic E-state index is 11.3. The van der Waals surface area contributed by atoms with Gasteiger partial charge in [-0.1, -0.05) is 15.9 Å². The monoisotopic (exact) mass is 249 g/mol. The van der Waals surface area contributed by atoms with Crippen LogP contribution >= 0.6 is 15.9 Å². The van der Waals surface area contributed by atoms with Gasteiger partial charge in [0.05, 0.1) is 13.2 Å². The summed E-state index contributed by atoms with van der Waals surface area (Å²) in [5, 5.41) is 2.72. The summed E-state index contributed by atoms with van der Waals surface area (Å²) in [5.74, 6) is -0.376. The van der Waals surface area contributed by atoms with E-state index in [0.717, 1.165) is 0 Å². The fourth-order valence-electron chi connectivity index (χ4n) is 1.36. The number of carbonyl (C=O) groups excluding carboxylic acids is 2. The van der Waals surface area contributed by atoms with Crippen LogP contribution in [0.5, 0.6) is 0 Å². The Kier molecular flexibility index (Phi) is 2.95. The number of hydrogen-bond donors (Lipinski definition) is 1. The molecule has 0 bridgehead atoms. The van der Waals surface area contributed by atoms with E-state index in [1.54, 1.807) is 6.92 Å². The Morgan fingerprint density at radius 2 is 2.38 bits per heavy atom. The quantitative estimate of drug-likeness (QED) is 0.576. The highest BCUT2D eigenvalue weighted by Crippen LogP contribution is 2.29. The third-order valence-electron chi connectivity index (χ3n) is 2.23. The van der Waals surface area contributed by atoms with E-state index in [1.807, 2.05) is 0 Å². The lowest BCUT2D eigenvalue weighted by Crippen LogP contribution is -2.48. The van der Waals surface area contributed by atoms with Crippen molar-refractivity contribution in [1.29, 1.82) is 0 Å². The van der Waals surface area contributed by atoms with Crippen molar-refractivity contribution in [2.45, 2.75) is 30.1 Å². The Morgan fingerprint density at radius 1 is 1.77 bits per heavy atom. The van der Waals surface area contributed by atoms with Gasteiger partial charge in [0, 0.05) is 6.42 Å². The van der Waals surface area contributed by atoms with Crippen LogP contribution in [-0.2, 0) is 14.3 Å². The van der Waals surface area contributed by atoms with E-state index in [2.05, 4.69) is 26.0 Å². The van der Waals surface area contributed by atoms with Crippen LogP contribution in [0.2, 0.25) is 0 Å². The largest absolute Gasteiger partial charge is 0.468 e. The highest BCUT2D eigenvalue weighted by atomic mass is 79.9. The van der Waals surface area contributed by atoms with Gasteiger partial charge in [-0.2, -0.15) is 0 Å². The van der Waals surface area contributed by atoms with E-state index >= 15 is 0 Å². The highest BCUT2D eigenvalue weighted by Gasteiger charge is 2.43. The lowest BCUT2D eigenvalue weighted by atomic mass is 10.0. The molecule has 1 saturated heterocycles. The minimum absolute atomic E-state index is 0.0143. The summed E-state index contributed by atoms with van der Waals surface area (Å²) in [6.45, 7) is 1.70. The molecule has 1 amide bonds. The zero-order valence-corrected chi connectivity index (χ0v) is 9.18. The highest BCUT2D eigenvalue weighted by molar-refractivity contribution is 9.10. The van der Waals surface area contributed by atoms with Gasteiger partial charge in [0.2, 0.25) is 5.91 Å². The number of hydrogen-bond acceptors (Lipinski definition) is 3. The van der Waals surface area contributed by atoms with Crippen LogP contribution in [0.4, 0.5) is 0 Å². The van der Waals surface area contributed by atoms with Gasteiger partial charge >= 0.3 is 5.97 Å². The minimum atomic E-state index is -0.812. The first-order chi connectivity index (χ1) is 5.98. The number of methoxy groups -OCH3 is 1. The number of rotatable bonds is 2. The molecular weight excluding hydrogens is 238 g/mol. The van der Waals surface area contributed by atoms with Crippen LogP contribution in [0.3, 0.4) is 0 Å². The Hall–Kier alpha value is -0.580. The first-order valence-electron chi connectivity index (χ1n) is 4.05. The van der Waals surface area contributed by atoms with Crippen molar-refractivity contribution in [2.75, 3.05) is 7.11 Å². The minimum Gasteiger partial charge on any atom is -0.468 e. The first kappa shape index (κ1) is 10.5. The normalized spacial score (nSPS) is 26.4. The van der Waals surface area contributed by atoms with Crippen molar-refractivity contribution >= 4 is 27.8 Å². The van der Waals surface area contributed by atoms with E-state index in [0.29, 0.717) is 12.8 Å². The Bertz CT molecular complexity index is 240. The summed E-state index contributed by atoms with van der Waals surface area (Å²) in [6.07, 6.45) is 1.14. The molecule has 1 aliphatic heterocycles. The van der Waals surface area contributed by atoms with Gasteiger partial charge in [0.1, 0.15) is 4.32 Å². The van der Waals surface area contributed by atoms with Crippen LogP contribution in [0, 0.1) is 0 Å². The number of esters is 1. The molecule has 1 aliphatic rings. The molecular formula is C8H12BrNO3. The number of ether oxygens (including phenoxy) is 1. The summed E-state index contributed by atoms with van der Waals surface area (Å²) in [7, 11) is 1.33. The topological polar surface area (TPSA) is 55.4 Å². The fourth-order valence-corrected chi connectivity index (χ4v) is 1.87. The van der Waals surface area contributed by atoms with Crippen molar-refractivity contribution in [2.24, 2.45) is 0 Å². The molecule has 0 aromatic heterocycles. The van der Waals surface area contributed by atoms with Crippen LogP contribution < -0.4 is 5.32 Å². The molecule has 13 heavy (non-hydrogen) atoms. The van der Waals surface area contributed by atoms with Crippen LogP contribution in [0.15, 0.2) is 0 Å². The van der Waals surface area contributed by atoms with Crippen molar-refractivity contribution in [1.82, 2.24) is 5.32 Å². The second-order valence-corrected chi connectivity index (χ2v) is 4.87. The molecule has 74 valence electrons. The van der Waals surface area contributed by atoms with Crippen LogP contribution in [0.25, 0.3) is 0 Å². The molecule has 0 aromatic rings. The SMILES string of the molecule is COC(=O)C(C)(Br)[C@@H]1CCC(=O)N1. The standard InChI is InChI=1S/C8H12BrNO3/c1-8(9,7(12)13-2)5-3-4-6(11)10-5/h5H,3-4H2,1-2H3,(H,10,11)/t5-,8?/m0/s1. The Labute approximate surface area is 85.1 Å². The number of alkyl halides is 1. The summed E-state index contributed by atoms with van der Waals surface area (Å²) in [6, 6.07) is -0.174. The second-order valence-electron chi connectivity index (χ2n) is 3.23. The predicted molar refractivity (Wildman–Crippen MR) is 50.5 cm³/mol. The van der Waals surface area contributed by atoms with Gasteiger partial charge in [-0.05, 0) is 13.3 Å². The predicted octanol–water partition coefficient (Wildman–Crippen LogP) is 0.592. The zero-order chi connectivity index (χ0) is 10.1. The van der Waals surface area contributed by atoms with Crippen LogP contribution in [0.1, 0.15) is 19.8 Å². The van der Waals surface area contributed by atoms with E-state index < -0.39 is 4.32 Å². The van der Waals surface area contributed by atoms with Crippen molar-refractivity contribution < 1.29 is 14.3 Å². The molecule has 5 heteroatoms. The summed E-state index contributed by atoms with van der Waals surface area (Å²) < 4.78 is 3.81. The molecule has 2 atom stereocenters. The van der Waals surface area contributed by atoms with E-state index in [1.165, 1.54) is 7.11 Å². The van der Waals surface area contributed by atoms with Gasteiger partial charge in [0.25, 0.3) is 0 Å². The molecule has 1 N–H and O–H groups in total. The van der Waals surface area contributed by atoms with Gasteiger partial charge in [0.15, 0.2) is 0 Å². The molecule has 0 aromatic carbocycles. The third-order valence-corrected chi connectivity index (χ3v) is 3.11. The number of halogens is 1. The van der Waals surface area contributed by atoms with E-state index in [4.69, 9.17) is 0 Å². The summed E-state index contributed by atoms with van der Waals surface area (Å²) >= 11 is 3.27. The molecule has 1 rings (SSSR count). The van der Waals surface area contributed by atoms with Crippen molar-refractivity contribution in [3.8, 4) is 0 Å². The van der Waals surface area contributed by atoms with Gasteiger partial charge < -0.3 is 10.1 Å². The average molecular weight is 250 g/mol. The number of nitrogens with one attached hydrogen (secondary N) is 1. The molecule has 0 spiro atoms. The molecule has 1 unspecified atom stereocenters. The van der Waals surface area contributed by atoms with Gasteiger partial charge in [-0.25, -0.2) is 0 Å². The van der Waals surface area contributed by atoms with E-state index in [9.17, 15) is 9.59 Å². The molecule has 0 aliphatic carbocycles. The average Bonchev–Trinajstić information content (AvgIpc) is 2.50. The fraction of sp³-hybridized carbons (Fsp3) is 0.750. The molecule has 0 saturated carbocycles. The van der Waals surface area contributed by atoms with E-state index in [-0.39, 0.29) is 17.9 Å². The lowest BCUT2D eigenvalue weighted by molar-refractivity contribution is -0.143. The van der Waals surface area contributed by atoms with Crippen molar-refractivity contribution in [3.63, 3.8) is 0 Å². The van der Waals surface area contributed by atoms with Gasteiger partial charge in [-0.15, -0.1) is 0 Å². The molecule has 4 nitrogen and oxygen atoms in total. The number of amides is 1. The molecule has 1 heterocycles. The first-order valence-corrected chi connectivity index (χ1v) is 4.84. The molecule has 1 fully saturated rings. The zero-order valence-electron chi connectivity index (χ0n) is 7.59. The second kappa shape index (κ2) is 3.65. The third kappa shape index (κ3) is 2.02.